The number of nitrogens with zero attached hydrogens (tertiary/aromatic N) is 1. The van der Waals surface area contributed by atoms with E-state index in [1.165, 1.54) is 0 Å². The third-order valence-electron chi connectivity index (χ3n) is 5.47. The van der Waals surface area contributed by atoms with Crippen molar-refractivity contribution in [2.45, 2.75) is 19.4 Å². The highest BCUT2D eigenvalue weighted by molar-refractivity contribution is 6.14. The SMILES string of the molecule is COc1ccc2[nH]c(C(=O)NCc3cccc(OC)c3OC)c(N3CCCC3=O)c2c1. The lowest BCUT2D eigenvalue weighted by Crippen LogP contribution is -2.29. The first kappa shape index (κ1) is 20.6. The maximum atomic E-state index is 13.2. The number of anilines is 1. The largest absolute Gasteiger partial charge is 0.497 e. The first-order valence-corrected chi connectivity index (χ1v) is 10.1. The Balaban J connectivity index is 1.69. The highest BCUT2D eigenvalue weighted by atomic mass is 16.5. The molecule has 1 aliphatic rings. The summed E-state index contributed by atoms with van der Waals surface area (Å²) in [5.41, 5.74) is 2.48. The fraction of sp³-hybridized carbons (Fsp3) is 0.304. The minimum Gasteiger partial charge on any atom is -0.497 e. The van der Waals surface area contributed by atoms with Crippen LogP contribution in [0.25, 0.3) is 10.9 Å². The van der Waals surface area contributed by atoms with Gasteiger partial charge in [-0.25, -0.2) is 0 Å². The Morgan fingerprint density at radius 3 is 2.65 bits per heavy atom. The van der Waals surface area contributed by atoms with Gasteiger partial charge >= 0.3 is 0 Å². The van der Waals surface area contributed by atoms with Gasteiger partial charge in [-0.3, -0.25) is 9.59 Å². The Kier molecular flexibility index (Phi) is 5.70. The number of nitrogens with one attached hydrogen (secondary N) is 2. The topological polar surface area (TPSA) is 92.9 Å². The minimum absolute atomic E-state index is 0.00670. The summed E-state index contributed by atoms with van der Waals surface area (Å²) in [5.74, 6) is 1.52. The zero-order chi connectivity index (χ0) is 22.0. The molecular weight excluding hydrogens is 398 g/mol. The van der Waals surface area contributed by atoms with E-state index in [1.54, 1.807) is 32.3 Å². The van der Waals surface area contributed by atoms with E-state index < -0.39 is 0 Å². The molecule has 1 fully saturated rings. The first-order valence-electron chi connectivity index (χ1n) is 10.1. The summed E-state index contributed by atoms with van der Waals surface area (Å²) in [6.45, 7) is 0.818. The van der Waals surface area contributed by atoms with Crippen molar-refractivity contribution < 1.29 is 23.8 Å². The molecule has 2 heterocycles. The monoisotopic (exact) mass is 423 g/mol. The second-order valence-electron chi connectivity index (χ2n) is 7.24. The van der Waals surface area contributed by atoms with Crippen LogP contribution in [0.15, 0.2) is 36.4 Å². The van der Waals surface area contributed by atoms with Crippen molar-refractivity contribution >= 4 is 28.4 Å². The van der Waals surface area contributed by atoms with Crippen LogP contribution >= 0.6 is 0 Å². The van der Waals surface area contributed by atoms with Crippen molar-refractivity contribution in [3.63, 3.8) is 0 Å². The average Bonchev–Trinajstić information content (AvgIpc) is 3.39. The zero-order valence-electron chi connectivity index (χ0n) is 17.8. The van der Waals surface area contributed by atoms with E-state index in [-0.39, 0.29) is 18.4 Å². The van der Waals surface area contributed by atoms with Gasteiger partial charge in [0.15, 0.2) is 11.5 Å². The normalized spacial score (nSPS) is 13.5. The fourth-order valence-electron chi connectivity index (χ4n) is 3.97. The molecule has 2 N–H and O–H groups in total. The molecule has 0 saturated carbocycles. The van der Waals surface area contributed by atoms with Crippen LogP contribution in [0, 0.1) is 0 Å². The van der Waals surface area contributed by atoms with Gasteiger partial charge in [-0.1, -0.05) is 12.1 Å². The number of carbonyl (C=O) groups is 2. The number of aromatic nitrogens is 1. The van der Waals surface area contributed by atoms with Gasteiger partial charge in [-0.05, 0) is 30.7 Å². The maximum Gasteiger partial charge on any atom is 0.270 e. The number of hydrogen-bond acceptors (Lipinski definition) is 5. The lowest BCUT2D eigenvalue weighted by Gasteiger charge is -2.17. The molecule has 31 heavy (non-hydrogen) atoms. The summed E-state index contributed by atoms with van der Waals surface area (Å²) in [7, 11) is 4.72. The van der Waals surface area contributed by atoms with Crippen LogP contribution < -0.4 is 24.4 Å². The summed E-state index contributed by atoms with van der Waals surface area (Å²) in [6.07, 6.45) is 1.23. The molecule has 2 aromatic carbocycles. The number of benzene rings is 2. The van der Waals surface area contributed by atoms with Crippen LogP contribution in [0.4, 0.5) is 5.69 Å². The van der Waals surface area contributed by atoms with Crippen molar-refractivity contribution in [3.05, 3.63) is 47.7 Å². The van der Waals surface area contributed by atoms with Gasteiger partial charge in [0.1, 0.15) is 11.4 Å². The highest BCUT2D eigenvalue weighted by Crippen LogP contribution is 2.36. The van der Waals surface area contributed by atoms with Gasteiger partial charge in [-0.2, -0.15) is 0 Å². The van der Waals surface area contributed by atoms with Crippen molar-refractivity contribution in [2.75, 3.05) is 32.8 Å². The van der Waals surface area contributed by atoms with Gasteiger partial charge < -0.3 is 29.4 Å². The number of fused-ring (bicyclic) bond motifs is 1. The minimum atomic E-state index is -0.310. The number of aromatic amines is 1. The van der Waals surface area contributed by atoms with Crippen molar-refractivity contribution in [1.29, 1.82) is 0 Å². The number of H-pyrrole nitrogens is 1. The Morgan fingerprint density at radius 2 is 1.97 bits per heavy atom. The third-order valence-corrected chi connectivity index (χ3v) is 5.47. The predicted octanol–water partition coefficient (Wildman–Crippen LogP) is 3.25. The average molecular weight is 423 g/mol. The molecule has 0 radical (unpaired) electrons. The van der Waals surface area contributed by atoms with E-state index in [2.05, 4.69) is 10.3 Å². The molecule has 1 saturated heterocycles. The fourth-order valence-corrected chi connectivity index (χ4v) is 3.97. The standard InChI is InChI=1S/C23H25N3O5/c1-29-15-9-10-17-16(12-15)21(26-11-5-8-19(26)27)20(25-17)23(28)24-13-14-6-4-7-18(30-2)22(14)31-3/h4,6-7,9-10,12,25H,5,8,11,13H2,1-3H3,(H,24,28). The second-order valence-corrected chi connectivity index (χ2v) is 7.24. The summed E-state index contributed by atoms with van der Waals surface area (Å²) >= 11 is 0. The van der Waals surface area contributed by atoms with E-state index in [1.807, 2.05) is 30.3 Å². The van der Waals surface area contributed by atoms with Gasteiger partial charge in [0, 0.05) is 36.0 Å². The van der Waals surface area contributed by atoms with Crippen LogP contribution in [0.3, 0.4) is 0 Å². The quantitative estimate of drug-likeness (QED) is 0.609. The number of amides is 2. The van der Waals surface area contributed by atoms with Crippen LogP contribution in [0.1, 0.15) is 28.9 Å². The van der Waals surface area contributed by atoms with Crippen LogP contribution in [-0.4, -0.2) is 44.7 Å². The smallest absolute Gasteiger partial charge is 0.270 e. The molecule has 162 valence electrons. The van der Waals surface area contributed by atoms with Crippen molar-refractivity contribution in [3.8, 4) is 17.2 Å². The zero-order valence-corrected chi connectivity index (χ0v) is 17.8. The molecule has 4 rings (SSSR count). The Hall–Kier alpha value is -3.68. The molecule has 0 spiro atoms. The Labute approximate surface area is 180 Å². The van der Waals surface area contributed by atoms with E-state index in [0.717, 1.165) is 22.9 Å². The van der Waals surface area contributed by atoms with Crippen LogP contribution in [0.5, 0.6) is 17.2 Å². The molecule has 0 aliphatic carbocycles. The summed E-state index contributed by atoms with van der Waals surface area (Å²) in [6, 6.07) is 11.0. The molecule has 0 unspecified atom stereocenters. The second kappa shape index (κ2) is 8.59. The van der Waals surface area contributed by atoms with E-state index in [4.69, 9.17) is 14.2 Å². The lowest BCUT2D eigenvalue weighted by molar-refractivity contribution is -0.117. The molecule has 1 aromatic heterocycles. The van der Waals surface area contributed by atoms with Gasteiger partial charge in [0.25, 0.3) is 5.91 Å². The van der Waals surface area contributed by atoms with Crippen molar-refractivity contribution in [2.24, 2.45) is 0 Å². The maximum absolute atomic E-state index is 13.2. The molecule has 2 amide bonds. The van der Waals surface area contributed by atoms with Gasteiger partial charge in [-0.15, -0.1) is 0 Å². The molecule has 3 aromatic rings. The van der Waals surface area contributed by atoms with E-state index in [9.17, 15) is 9.59 Å². The van der Waals surface area contributed by atoms with Crippen LogP contribution in [0.2, 0.25) is 0 Å². The first-order chi connectivity index (χ1) is 15.1. The highest BCUT2D eigenvalue weighted by Gasteiger charge is 2.30. The summed E-state index contributed by atoms with van der Waals surface area (Å²) in [5, 5.41) is 3.71. The number of rotatable bonds is 7. The third kappa shape index (κ3) is 3.76. The van der Waals surface area contributed by atoms with Gasteiger partial charge in [0.05, 0.1) is 27.0 Å². The molecule has 1 aliphatic heterocycles. The molecular formula is C23H25N3O5. The molecule has 0 atom stereocenters. The van der Waals surface area contributed by atoms with Crippen LogP contribution in [-0.2, 0) is 11.3 Å². The lowest BCUT2D eigenvalue weighted by atomic mass is 10.1. The Bertz CT molecular complexity index is 1140. The van der Waals surface area contributed by atoms with E-state index >= 15 is 0 Å². The molecule has 8 nitrogen and oxygen atoms in total. The van der Waals surface area contributed by atoms with Gasteiger partial charge in [0.2, 0.25) is 5.91 Å². The number of carbonyl (C=O) groups excluding carboxylic acids is 2. The van der Waals surface area contributed by atoms with Crippen molar-refractivity contribution in [1.82, 2.24) is 10.3 Å². The Morgan fingerprint density at radius 1 is 1.13 bits per heavy atom. The predicted molar refractivity (Wildman–Crippen MR) is 117 cm³/mol. The summed E-state index contributed by atoms with van der Waals surface area (Å²) < 4.78 is 16.1. The number of ether oxygens (including phenoxy) is 3. The number of para-hydroxylation sites is 1. The summed E-state index contributed by atoms with van der Waals surface area (Å²) in [4.78, 5) is 30.6. The number of hydrogen-bond donors (Lipinski definition) is 2. The molecule has 8 heteroatoms. The van der Waals surface area contributed by atoms with E-state index in [0.29, 0.717) is 41.6 Å². The number of methoxy groups -OCH3 is 3. The molecule has 0 bridgehead atoms.